The van der Waals surface area contributed by atoms with Crippen LogP contribution in [-0.4, -0.2) is 15.6 Å². The van der Waals surface area contributed by atoms with Crippen LogP contribution in [-0.2, 0) is 17.8 Å². The van der Waals surface area contributed by atoms with Crippen molar-refractivity contribution >= 4 is 5.78 Å². The number of rotatable bonds is 6. The third-order valence-electron chi connectivity index (χ3n) is 2.95. The third kappa shape index (κ3) is 5.48. The molecule has 1 aromatic heterocycles. The molecule has 102 valence electrons. The molecule has 18 heavy (non-hydrogen) atoms. The van der Waals surface area contributed by atoms with E-state index in [9.17, 15) is 4.79 Å². The maximum absolute atomic E-state index is 12.0. The van der Waals surface area contributed by atoms with Gasteiger partial charge in [0, 0.05) is 25.6 Å². The van der Waals surface area contributed by atoms with Gasteiger partial charge >= 0.3 is 0 Å². The van der Waals surface area contributed by atoms with Crippen LogP contribution in [0.1, 0.15) is 53.0 Å². The van der Waals surface area contributed by atoms with Gasteiger partial charge in [-0.3, -0.25) is 9.48 Å². The fourth-order valence-corrected chi connectivity index (χ4v) is 2.48. The Hall–Kier alpha value is -1.12. The van der Waals surface area contributed by atoms with Crippen molar-refractivity contribution in [2.75, 3.05) is 0 Å². The van der Waals surface area contributed by atoms with Crippen molar-refractivity contribution in [3.05, 3.63) is 18.0 Å². The Morgan fingerprint density at radius 1 is 1.44 bits per heavy atom. The molecule has 1 heterocycles. The fourth-order valence-electron chi connectivity index (χ4n) is 2.48. The second kappa shape index (κ2) is 6.17. The van der Waals surface area contributed by atoms with Gasteiger partial charge in [-0.05, 0) is 30.2 Å². The van der Waals surface area contributed by atoms with Crippen LogP contribution in [0.5, 0.6) is 0 Å². The highest BCUT2D eigenvalue weighted by Crippen LogP contribution is 2.26. The summed E-state index contributed by atoms with van der Waals surface area (Å²) >= 11 is 0. The number of carbonyl (C=O) groups is 1. The predicted molar refractivity (Wildman–Crippen MR) is 74.5 cm³/mol. The quantitative estimate of drug-likeness (QED) is 0.774. The summed E-state index contributed by atoms with van der Waals surface area (Å²) in [6.07, 6.45) is 6.05. The average Bonchev–Trinajstić information content (AvgIpc) is 2.61. The molecule has 1 unspecified atom stereocenters. The number of ketones is 1. The van der Waals surface area contributed by atoms with E-state index in [1.54, 1.807) is 6.20 Å². The lowest BCUT2D eigenvalue weighted by molar-refractivity contribution is -0.119. The summed E-state index contributed by atoms with van der Waals surface area (Å²) in [6, 6.07) is 0. The fraction of sp³-hybridized carbons (Fsp3) is 0.733. The molecule has 0 bridgehead atoms. The van der Waals surface area contributed by atoms with Crippen molar-refractivity contribution in [2.45, 2.75) is 60.4 Å². The van der Waals surface area contributed by atoms with E-state index in [0.29, 0.717) is 30.0 Å². The molecule has 0 aliphatic heterocycles. The van der Waals surface area contributed by atoms with Crippen LogP contribution in [0, 0.1) is 11.3 Å². The maximum atomic E-state index is 12.0. The molecule has 0 amide bonds. The minimum Gasteiger partial charge on any atom is -0.299 e. The molecule has 0 fully saturated rings. The summed E-state index contributed by atoms with van der Waals surface area (Å²) in [7, 11) is 0. The highest BCUT2D eigenvalue weighted by atomic mass is 16.1. The molecule has 0 aromatic carbocycles. The highest BCUT2D eigenvalue weighted by molar-refractivity contribution is 5.80. The number of aryl methyl sites for hydroxylation is 1. The first-order valence-electron chi connectivity index (χ1n) is 6.83. The van der Waals surface area contributed by atoms with Crippen LogP contribution in [0.3, 0.4) is 0 Å². The lowest BCUT2D eigenvalue weighted by Gasteiger charge is -2.22. The number of carbonyl (C=O) groups excluding carboxylic acids is 1. The monoisotopic (exact) mass is 250 g/mol. The Labute approximate surface area is 111 Å². The molecule has 1 atom stereocenters. The molecule has 3 heteroatoms. The number of Topliss-reactive ketones (excluding diaryl/α,β-unsaturated/α-hetero) is 1. The number of aromatic nitrogens is 2. The van der Waals surface area contributed by atoms with Crippen LogP contribution < -0.4 is 0 Å². The summed E-state index contributed by atoms with van der Waals surface area (Å²) in [5, 5.41) is 4.19. The maximum Gasteiger partial charge on any atom is 0.137 e. The Morgan fingerprint density at radius 3 is 2.61 bits per heavy atom. The van der Waals surface area contributed by atoms with Crippen molar-refractivity contribution in [1.82, 2.24) is 9.78 Å². The number of hydrogen-bond donors (Lipinski definition) is 0. The summed E-state index contributed by atoms with van der Waals surface area (Å²) in [5.41, 5.74) is 1.33. The van der Waals surface area contributed by atoms with E-state index in [0.717, 1.165) is 18.5 Å². The largest absolute Gasteiger partial charge is 0.299 e. The molecule has 0 radical (unpaired) electrons. The number of hydrogen-bond acceptors (Lipinski definition) is 2. The minimum absolute atomic E-state index is 0.298. The van der Waals surface area contributed by atoms with Gasteiger partial charge in [0.2, 0.25) is 0 Å². The molecule has 0 spiro atoms. The smallest absolute Gasteiger partial charge is 0.137 e. The number of nitrogens with zero attached hydrogens (tertiary/aromatic N) is 2. The zero-order chi connectivity index (χ0) is 13.8. The van der Waals surface area contributed by atoms with Crippen molar-refractivity contribution < 1.29 is 4.79 Å². The van der Waals surface area contributed by atoms with Gasteiger partial charge in [0.05, 0.1) is 6.20 Å². The molecular weight excluding hydrogens is 224 g/mol. The van der Waals surface area contributed by atoms with Gasteiger partial charge in [-0.1, -0.05) is 27.7 Å². The van der Waals surface area contributed by atoms with Gasteiger partial charge in [-0.15, -0.1) is 0 Å². The molecule has 3 nitrogen and oxygen atoms in total. The molecule has 1 rings (SSSR count). The van der Waals surface area contributed by atoms with Gasteiger partial charge in [0.15, 0.2) is 0 Å². The second-order valence-corrected chi connectivity index (χ2v) is 6.49. The SMILES string of the molecule is CCn1cc(CC(=O)CC(C)CC(C)(C)C)cn1. The summed E-state index contributed by atoms with van der Waals surface area (Å²) in [6.45, 7) is 11.7. The normalized spacial score (nSPS) is 13.6. The van der Waals surface area contributed by atoms with Crippen LogP contribution in [0.4, 0.5) is 0 Å². The molecule has 0 saturated heterocycles. The second-order valence-electron chi connectivity index (χ2n) is 6.49. The standard InChI is InChI=1S/C15H26N2O/c1-6-17-11-13(10-16-17)8-14(18)7-12(2)9-15(3,4)5/h10-12H,6-9H2,1-5H3. The van der Waals surface area contributed by atoms with E-state index in [2.05, 4.69) is 32.8 Å². The van der Waals surface area contributed by atoms with E-state index in [1.807, 2.05) is 17.8 Å². The van der Waals surface area contributed by atoms with Crippen LogP contribution >= 0.6 is 0 Å². The van der Waals surface area contributed by atoms with Gasteiger partial charge in [-0.25, -0.2) is 0 Å². The van der Waals surface area contributed by atoms with E-state index < -0.39 is 0 Å². The van der Waals surface area contributed by atoms with E-state index in [-0.39, 0.29) is 0 Å². The topological polar surface area (TPSA) is 34.9 Å². The molecule has 0 aliphatic rings. The molecule has 1 aromatic rings. The van der Waals surface area contributed by atoms with Gasteiger partial charge in [-0.2, -0.15) is 5.10 Å². The van der Waals surface area contributed by atoms with E-state index >= 15 is 0 Å². The first-order valence-corrected chi connectivity index (χ1v) is 6.83. The van der Waals surface area contributed by atoms with Gasteiger partial charge < -0.3 is 0 Å². The highest BCUT2D eigenvalue weighted by Gasteiger charge is 2.18. The van der Waals surface area contributed by atoms with Crippen LogP contribution in [0.25, 0.3) is 0 Å². The molecule has 0 aliphatic carbocycles. The average molecular weight is 250 g/mol. The molecular formula is C15H26N2O. The zero-order valence-corrected chi connectivity index (χ0v) is 12.4. The van der Waals surface area contributed by atoms with Gasteiger partial charge in [0.25, 0.3) is 0 Å². The Bertz CT molecular complexity index is 387. The minimum atomic E-state index is 0.298. The third-order valence-corrected chi connectivity index (χ3v) is 2.95. The van der Waals surface area contributed by atoms with Crippen molar-refractivity contribution in [1.29, 1.82) is 0 Å². The Balaban J connectivity index is 2.41. The first-order chi connectivity index (χ1) is 8.30. The molecule has 0 N–H and O–H groups in total. The Morgan fingerprint density at radius 2 is 2.11 bits per heavy atom. The lowest BCUT2D eigenvalue weighted by Crippen LogP contribution is -2.15. The Kier molecular flexibility index (Phi) is 5.12. The predicted octanol–water partition coefficient (Wildman–Crippen LogP) is 3.48. The van der Waals surface area contributed by atoms with E-state index in [4.69, 9.17) is 0 Å². The van der Waals surface area contributed by atoms with Crippen LogP contribution in [0.15, 0.2) is 12.4 Å². The van der Waals surface area contributed by atoms with Crippen molar-refractivity contribution in [3.8, 4) is 0 Å². The van der Waals surface area contributed by atoms with Crippen LogP contribution in [0.2, 0.25) is 0 Å². The summed E-state index contributed by atoms with van der Waals surface area (Å²) in [5.74, 6) is 0.779. The van der Waals surface area contributed by atoms with E-state index in [1.165, 1.54) is 0 Å². The summed E-state index contributed by atoms with van der Waals surface area (Å²) in [4.78, 5) is 12.0. The van der Waals surface area contributed by atoms with Gasteiger partial charge in [0.1, 0.15) is 5.78 Å². The van der Waals surface area contributed by atoms with Crippen molar-refractivity contribution in [3.63, 3.8) is 0 Å². The van der Waals surface area contributed by atoms with Crippen molar-refractivity contribution in [2.24, 2.45) is 11.3 Å². The zero-order valence-electron chi connectivity index (χ0n) is 12.4. The first kappa shape index (κ1) is 14.9. The lowest BCUT2D eigenvalue weighted by atomic mass is 9.83. The molecule has 0 saturated carbocycles. The summed E-state index contributed by atoms with van der Waals surface area (Å²) < 4.78 is 1.86.